The van der Waals surface area contributed by atoms with E-state index in [-0.39, 0.29) is 0 Å². The highest BCUT2D eigenvalue weighted by atomic mass is 16.3. The first kappa shape index (κ1) is 32.0. The second-order valence-electron chi connectivity index (χ2n) is 14.4. The summed E-state index contributed by atoms with van der Waals surface area (Å²) in [5.74, 6) is 0. The van der Waals surface area contributed by atoms with Gasteiger partial charge in [-0.2, -0.15) is 0 Å². The Morgan fingerprint density at radius 3 is 1.68 bits per heavy atom. The number of fused-ring (bicyclic) bond motifs is 7. The number of hydrogen-bond donors (Lipinski definition) is 0. The Bertz CT molecular complexity index is 3250. The molecule has 1 heterocycles. The minimum atomic E-state index is 0.880. The summed E-state index contributed by atoms with van der Waals surface area (Å²) in [7, 11) is 0. The van der Waals surface area contributed by atoms with E-state index in [1.54, 1.807) is 0 Å². The van der Waals surface area contributed by atoms with Crippen LogP contribution < -0.4 is 4.90 Å². The number of rotatable bonds is 6. The van der Waals surface area contributed by atoms with Crippen LogP contribution in [0.5, 0.6) is 0 Å². The lowest BCUT2D eigenvalue weighted by atomic mass is 9.84. The van der Waals surface area contributed by atoms with E-state index in [0.717, 1.165) is 50.1 Å². The number of para-hydroxylation sites is 2. The Morgan fingerprint density at radius 1 is 0.304 bits per heavy atom. The molecule has 262 valence electrons. The maximum Gasteiger partial charge on any atom is 0.135 e. The van der Waals surface area contributed by atoms with Gasteiger partial charge in [-0.15, -0.1) is 0 Å². The number of nitrogens with zero attached hydrogens (tertiary/aromatic N) is 1. The molecule has 0 spiro atoms. The van der Waals surface area contributed by atoms with Crippen molar-refractivity contribution in [2.45, 2.75) is 0 Å². The standard InChI is InChI=1S/C54H35NO/c1-3-17-37(18-4-1)53-46-26-10-9-24-43(46)44-32-30-39(34-48(44)54(53)38-19-5-2-6-20-38)42-23-11-13-27-49(42)55(50-28-15-21-36-16-7-8-22-41(36)50)40-31-33-52-47(35-40)45-25-12-14-29-51(45)56-52/h1-35H. The normalized spacial score (nSPS) is 11.6. The van der Waals surface area contributed by atoms with Crippen LogP contribution in [-0.4, -0.2) is 0 Å². The van der Waals surface area contributed by atoms with Crippen molar-refractivity contribution in [1.29, 1.82) is 0 Å². The third kappa shape index (κ3) is 5.19. The monoisotopic (exact) mass is 713 g/mol. The molecule has 0 bridgehead atoms. The lowest BCUT2D eigenvalue weighted by molar-refractivity contribution is 0.669. The molecule has 2 nitrogen and oxygen atoms in total. The fourth-order valence-corrected chi connectivity index (χ4v) is 8.75. The second-order valence-corrected chi connectivity index (χ2v) is 14.4. The molecule has 0 amide bonds. The molecule has 0 saturated carbocycles. The summed E-state index contributed by atoms with van der Waals surface area (Å²) in [5.41, 5.74) is 12.3. The molecule has 0 atom stereocenters. The van der Waals surface area contributed by atoms with Gasteiger partial charge >= 0.3 is 0 Å². The summed E-state index contributed by atoms with van der Waals surface area (Å²) in [5, 5.41) is 9.56. The number of furan rings is 1. The third-order valence-corrected chi connectivity index (χ3v) is 11.2. The minimum Gasteiger partial charge on any atom is -0.456 e. The van der Waals surface area contributed by atoms with Crippen molar-refractivity contribution in [3.63, 3.8) is 0 Å². The van der Waals surface area contributed by atoms with E-state index in [1.165, 1.54) is 54.6 Å². The van der Waals surface area contributed by atoms with E-state index in [2.05, 4.69) is 205 Å². The van der Waals surface area contributed by atoms with Gasteiger partial charge in [-0.25, -0.2) is 0 Å². The highest BCUT2D eigenvalue weighted by Gasteiger charge is 2.22. The van der Waals surface area contributed by atoms with Crippen molar-refractivity contribution in [1.82, 2.24) is 0 Å². The van der Waals surface area contributed by atoms with Crippen LogP contribution in [0.4, 0.5) is 17.1 Å². The van der Waals surface area contributed by atoms with Crippen molar-refractivity contribution >= 4 is 71.3 Å². The van der Waals surface area contributed by atoms with Gasteiger partial charge in [0.2, 0.25) is 0 Å². The van der Waals surface area contributed by atoms with Gasteiger partial charge in [-0.3, -0.25) is 0 Å². The fraction of sp³-hybridized carbons (Fsp3) is 0. The topological polar surface area (TPSA) is 16.4 Å². The van der Waals surface area contributed by atoms with Gasteiger partial charge in [-0.1, -0.05) is 170 Å². The SMILES string of the molecule is c1ccc(-c2c(-c3ccccc3)c3cc(-c4ccccc4N(c4ccc5oc6ccccc6c5c4)c4cccc5ccccc45)ccc3c3ccccc23)cc1. The summed E-state index contributed by atoms with van der Waals surface area (Å²) in [4.78, 5) is 2.43. The van der Waals surface area contributed by atoms with Crippen LogP contribution in [0.3, 0.4) is 0 Å². The molecule has 0 aliphatic carbocycles. The number of hydrogen-bond acceptors (Lipinski definition) is 2. The maximum atomic E-state index is 6.30. The summed E-state index contributed by atoms with van der Waals surface area (Å²) in [6.45, 7) is 0. The molecule has 0 N–H and O–H groups in total. The molecule has 11 aromatic rings. The van der Waals surface area contributed by atoms with Crippen LogP contribution in [-0.2, 0) is 0 Å². The van der Waals surface area contributed by atoms with E-state index >= 15 is 0 Å². The van der Waals surface area contributed by atoms with Crippen LogP contribution in [0.25, 0.3) is 87.6 Å². The van der Waals surface area contributed by atoms with Gasteiger partial charge < -0.3 is 9.32 Å². The van der Waals surface area contributed by atoms with Crippen molar-refractivity contribution in [3.8, 4) is 33.4 Å². The summed E-state index contributed by atoms with van der Waals surface area (Å²) < 4.78 is 6.30. The molecule has 0 aliphatic rings. The van der Waals surface area contributed by atoms with Gasteiger partial charge in [0.05, 0.1) is 11.4 Å². The lowest BCUT2D eigenvalue weighted by Crippen LogP contribution is -2.11. The highest BCUT2D eigenvalue weighted by molar-refractivity contribution is 6.22. The molecule has 0 saturated heterocycles. The van der Waals surface area contributed by atoms with Crippen LogP contribution in [0, 0.1) is 0 Å². The fourth-order valence-electron chi connectivity index (χ4n) is 8.75. The Hall–Kier alpha value is -7.42. The van der Waals surface area contributed by atoms with Gasteiger partial charge in [0.15, 0.2) is 0 Å². The van der Waals surface area contributed by atoms with Crippen molar-refractivity contribution in [3.05, 3.63) is 212 Å². The Morgan fingerprint density at radius 2 is 0.875 bits per heavy atom. The van der Waals surface area contributed by atoms with Gasteiger partial charge in [0.25, 0.3) is 0 Å². The molecular formula is C54H35NO. The average molecular weight is 714 g/mol. The Balaban J connectivity index is 1.20. The van der Waals surface area contributed by atoms with Gasteiger partial charge in [0.1, 0.15) is 11.2 Å². The Kier molecular flexibility index (Phi) is 7.53. The molecule has 1 aromatic heterocycles. The highest BCUT2D eigenvalue weighted by Crippen LogP contribution is 2.48. The van der Waals surface area contributed by atoms with Gasteiger partial charge in [-0.05, 0) is 97.2 Å². The van der Waals surface area contributed by atoms with E-state index in [9.17, 15) is 0 Å². The quantitative estimate of drug-likeness (QED) is 0.160. The van der Waals surface area contributed by atoms with Crippen molar-refractivity contribution in [2.24, 2.45) is 0 Å². The largest absolute Gasteiger partial charge is 0.456 e. The predicted molar refractivity (Wildman–Crippen MR) is 237 cm³/mol. The van der Waals surface area contributed by atoms with Crippen molar-refractivity contribution < 1.29 is 4.42 Å². The molecule has 11 rings (SSSR count). The molecule has 2 heteroatoms. The smallest absolute Gasteiger partial charge is 0.135 e. The first-order chi connectivity index (χ1) is 27.8. The first-order valence-corrected chi connectivity index (χ1v) is 19.2. The van der Waals surface area contributed by atoms with Crippen LogP contribution >= 0.6 is 0 Å². The zero-order valence-corrected chi connectivity index (χ0v) is 30.6. The molecule has 0 unspecified atom stereocenters. The average Bonchev–Trinajstić information content (AvgIpc) is 3.65. The minimum absolute atomic E-state index is 0.880. The first-order valence-electron chi connectivity index (χ1n) is 19.2. The Labute approximate surface area is 325 Å². The summed E-state index contributed by atoms with van der Waals surface area (Å²) >= 11 is 0. The van der Waals surface area contributed by atoms with Gasteiger partial charge in [0, 0.05) is 27.4 Å². The molecule has 0 radical (unpaired) electrons. The van der Waals surface area contributed by atoms with E-state index in [0.29, 0.717) is 0 Å². The number of anilines is 3. The second kappa shape index (κ2) is 13.2. The molecular weight excluding hydrogens is 679 g/mol. The third-order valence-electron chi connectivity index (χ3n) is 11.2. The summed E-state index contributed by atoms with van der Waals surface area (Å²) in [6, 6.07) is 76.6. The van der Waals surface area contributed by atoms with Crippen LogP contribution in [0.15, 0.2) is 217 Å². The zero-order chi connectivity index (χ0) is 37.0. The molecule has 56 heavy (non-hydrogen) atoms. The van der Waals surface area contributed by atoms with E-state index in [4.69, 9.17) is 4.42 Å². The maximum absolute atomic E-state index is 6.30. The van der Waals surface area contributed by atoms with Crippen LogP contribution in [0.1, 0.15) is 0 Å². The zero-order valence-electron chi connectivity index (χ0n) is 30.6. The van der Waals surface area contributed by atoms with E-state index in [1.807, 2.05) is 12.1 Å². The van der Waals surface area contributed by atoms with Crippen molar-refractivity contribution in [2.75, 3.05) is 4.90 Å². The number of benzene rings is 10. The molecule has 0 fully saturated rings. The predicted octanol–water partition coefficient (Wildman–Crippen LogP) is 15.5. The van der Waals surface area contributed by atoms with Crippen LogP contribution in [0.2, 0.25) is 0 Å². The molecule has 0 aliphatic heterocycles. The summed E-state index contributed by atoms with van der Waals surface area (Å²) in [6.07, 6.45) is 0. The lowest BCUT2D eigenvalue weighted by Gasteiger charge is -2.29. The van der Waals surface area contributed by atoms with E-state index < -0.39 is 0 Å². The molecule has 10 aromatic carbocycles.